The zero-order valence-corrected chi connectivity index (χ0v) is 35.7. The van der Waals surface area contributed by atoms with Gasteiger partial charge >= 0.3 is 6.09 Å². The summed E-state index contributed by atoms with van der Waals surface area (Å²) in [6.45, 7) is 2.69. The van der Waals surface area contributed by atoms with E-state index in [1.165, 1.54) is 19.3 Å². The Kier molecular flexibility index (Phi) is 14.2. The third-order valence-corrected chi connectivity index (χ3v) is 11.9. The maximum absolute atomic E-state index is 14.2. The molecule has 0 fully saturated rings. The van der Waals surface area contributed by atoms with Crippen molar-refractivity contribution >= 4 is 12.0 Å². The quantitative estimate of drug-likeness (QED) is 0.0580. The molecule has 2 amide bonds. The molecule has 1 aliphatic rings. The highest BCUT2D eigenvalue weighted by Gasteiger charge is 2.38. The number of aryl methyl sites for hydroxylation is 1. The number of unbranched alkanes of at least 4 members (excludes halogenated alkanes) is 4. The smallest absolute Gasteiger partial charge is 0.407 e. The molecule has 1 heterocycles. The van der Waals surface area contributed by atoms with Crippen molar-refractivity contribution in [2.24, 2.45) is 0 Å². The van der Waals surface area contributed by atoms with Crippen LogP contribution in [0.2, 0.25) is 0 Å². The van der Waals surface area contributed by atoms with E-state index < -0.39 is 17.7 Å². The Labute approximate surface area is 369 Å². The predicted molar refractivity (Wildman–Crippen MR) is 246 cm³/mol. The monoisotopic (exact) mass is 838 g/mol. The number of rotatable bonds is 20. The van der Waals surface area contributed by atoms with Crippen LogP contribution in [-0.2, 0) is 32.8 Å². The van der Waals surface area contributed by atoms with E-state index in [4.69, 9.17) is 14.0 Å². The van der Waals surface area contributed by atoms with Crippen LogP contribution in [0.1, 0.15) is 90.6 Å². The number of carbonyl (C=O) groups is 2. The first-order valence-corrected chi connectivity index (χ1v) is 22.1. The van der Waals surface area contributed by atoms with Crippen LogP contribution in [-0.4, -0.2) is 41.4 Å². The van der Waals surface area contributed by atoms with Gasteiger partial charge in [0, 0.05) is 30.9 Å². The first kappa shape index (κ1) is 42.8. The minimum Gasteiger partial charge on any atom is -0.449 e. The van der Waals surface area contributed by atoms with Gasteiger partial charge in [0.1, 0.15) is 18.2 Å². The van der Waals surface area contributed by atoms with Gasteiger partial charge in [0.2, 0.25) is 17.6 Å². The number of alkyl carbamates (subject to hydrolysis) is 1. The molecule has 1 aromatic heterocycles. The SMILES string of the molecule is CCCCCCCc1nc(-c2ccc(CNC(=O)[C@H](CCOC(c3ccccc3)(c3ccccc3)c3ccccc3)NC(=O)OCC3c4ccccc4-c4ccccc43)cc2)no1. The summed E-state index contributed by atoms with van der Waals surface area (Å²) in [5.41, 5.74) is 8.02. The second-order valence-electron chi connectivity index (χ2n) is 16.0. The Bertz CT molecular complexity index is 2400. The number of nitrogens with zero attached hydrogens (tertiary/aromatic N) is 2. The number of ether oxygens (including phenoxy) is 2. The van der Waals surface area contributed by atoms with Crippen molar-refractivity contribution in [3.8, 4) is 22.5 Å². The maximum Gasteiger partial charge on any atom is 0.407 e. The third-order valence-electron chi connectivity index (χ3n) is 11.9. The second kappa shape index (κ2) is 20.8. The van der Waals surface area contributed by atoms with Gasteiger partial charge in [-0.3, -0.25) is 4.79 Å². The molecule has 0 unspecified atom stereocenters. The highest BCUT2D eigenvalue weighted by Crippen LogP contribution is 2.45. The van der Waals surface area contributed by atoms with Crippen molar-refractivity contribution in [1.82, 2.24) is 20.8 Å². The number of hydrogen-bond donors (Lipinski definition) is 2. The lowest BCUT2D eigenvalue weighted by Gasteiger charge is -2.36. The summed E-state index contributed by atoms with van der Waals surface area (Å²) in [5, 5.41) is 10.2. The van der Waals surface area contributed by atoms with Crippen molar-refractivity contribution in [3.63, 3.8) is 0 Å². The summed E-state index contributed by atoms with van der Waals surface area (Å²) in [4.78, 5) is 32.5. The van der Waals surface area contributed by atoms with Crippen molar-refractivity contribution in [1.29, 1.82) is 0 Å². The number of amides is 2. The second-order valence-corrected chi connectivity index (χ2v) is 16.0. The average Bonchev–Trinajstić information content (AvgIpc) is 3.95. The molecule has 0 saturated heterocycles. The lowest BCUT2D eigenvalue weighted by molar-refractivity contribution is -0.124. The van der Waals surface area contributed by atoms with Crippen molar-refractivity contribution in [3.05, 3.63) is 203 Å². The van der Waals surface area contributed by atoms with Gasteiger partial charge in [-0.05, 0) is 50.9 Å². The van der Waals surface area contributed by atoms with Gasteiger partial charge < -0.3 is 24.6 Å². The van der Waals surface area contributed by atoms with Crippen LogP contribution in [0, 0.1) is 0 Å². The number of fused-ring (bicyclic) bond motifs is 3. The van der Waals surface area contributed by atoms with Crippen LogP contribution in [0.3, 0.4) is 0 Å². The van der Waals surface area contributed by atoms with E-state index in [1.807, 2.05) is 103 Å². The van der Waals surface area contributed by atoms with E-state index in [-0.39, 0.29) is 38.0 Å². The molecule has 0 bridgehead atoms. The lowest BCUT2D eigenvalue weighted by Crippen LogP contribution is -2.48. The molecule has 2 N–H and O–H groups in total. The fraction of sp³-hybridized carbons (Fsp3) is 0.259. The van der Waals surface area contributed by atoms with Crippen LogP contribution in [0.15, 0.2) is 168 Å². The Morgan fingerprint density at radius 2 is 1.24 bits per heavy atom. The summed E-state index contributed by atoms with van der Waals surface area (Å²) in [6.07, 6.45) is 6.09. The number of benzene rings is 6. The van der Waals surface area contributed by atoms with Gasteiger partial charge in [-0.1, -0.05) is 202 Å². The van der Waals surface area contributed by atoms with Gasteiger partial charge in [-0.2, -0.15) is 4.98 Å². The maximum atomic E-state index is 14.2. The van der Waals surface area contributed by atoms with Crippen molar-refractivity contribution in [2.75, 3.05) is 13.2 Å². The minimum absolute atomic E-state index is 0.122. The zero-order valence-electron chi connectivity index (χ0n) is 35.7. The van der Waals surface area contributed by atoms with Crippen LogP contribution < -0.4 is 10.6 Å². The number of aromatic nitrogens is 2. The van der Waals surface area contributed by atoms with Gasteiger partial charge in [0.25, 0.3) is 0 Å². The van der Waals surface area contributed by atoms with Gasteiger partial charge in [-0.25, -0.2) is 4.79 Å². The fourth-order valence-electron chi connectivity index (χ4n) is 8.59. The number of carbonyl (C=O) groups excluding carboxylic acids is 2. The molecule has 6 aromatic carbocycles. The minimum atomic E-state index is -0.996. The van der Waals surface area contributed by atoms with E-state index in [9.17, 15) is 9.59 Å². The van der Waals surface area contributed by atoms with Crippen molar-refractivity contribution < 1.29 is 23.6 Å². The Morgan fingerprint density at radius 1 is 0.683 bits per heavy atom. The molecule has 7 aromatic rings. The van der Waals surface area contributed by atoms with Crippen LogP contribution >= 0.6 is 0 Å². The zero-order chi connectivity index (χ0) is 43.3. The molecule has 320 valence electrons. The molecule has 0 saturated carbocycles. The van der Waals surface area contributed by atoms with Crippen molar-refractivity contribution in [2.45, 2.75) is 76.0 Å². The van der Waals surface area contributed by atoms with Crippen LogP contribution in [0.4, 0.5) is 4.79 Å². The van der Waals surface area contributed by atoms with E-state index in [2.05, 4.69) is 88.4 Å². The van der Waals surface area contributed by atoms with E-state index in [1.54, 1.807) is 0 Å². The fourth-order valence-corrected chi connectivity index (χ4v) is 8.59. The van der Waals surface area contributed by atoms with Gasteiger partial charge in [-0.15, -0.1) is 0 Å². The summed E-state index contributed by atoms with van der Waals surface area (Å²) >= 11 is 0. The van der Waals surface area contributed by atoms with E-state index in [0.29, 0.717) is 11.7 Å². The summed E-state index contributed by atoms with van der Waals surface area (Å²) in [6, 6.07) is 53.4. The lowest BCUT2D eigenvalue weighted by atomic mass is 9.80. The Balaban J connectivity index is 0.980. The first-order valence-electron chi connectivity index (χ1n) is 22.1. The predicted octanol–water partition coefficient (Wildman–Crippen LogP) is 11.2. The Hall–Kier alpha value is -6.84. The summed E-state index contributed by atoms with van der Waals surface area (Å²) in [5.74, 6) is 0.701. The van der Waals surface area contributed by atoms with Crippen LogP contribution in [0.25, 0.3) is 22.5 Å². The molecule has 9 heteroatoms. The summed E-state index contributed by atoms with van der Waals surface area (Å²) in [7, 11) is 0. The standard InChI is InChI=1S/C54H54N4O5/c1-2-3-4-5-15-30-50-57-51(58-63-50)40-33-31-39(32-34-40)37-55-52(59)49(56-53(60)61-38-48-46-28-18-16-26-44(46)45-27-17-19-29-47(45)48)35-36-62-54(41-20-9-6-10-21-41,42-22-11-7-12-23-42)43-24-13-8-14-25-43/h6-14,16-29,31-34,48-49H,2-5,15,30,35-38H2,1H3,(H,55,59)(H,56,60)/t49-/m0/s1. The van der Waals surface area contributed by atoms with Crippen LogP contribution in [0.5, 0.6) is 0 Å². The molecule has 1 atom stereocenters. The molecule has 0 aliphatic heterocycles. The largest absolute Gasteiger partial charge is 0.449 e. The number of nitrogens with one attached hydrogen (secondary N) is 2. The average molecular weight is 839 g/mol. The highest BCUT2D eigenvalue weighted by atomic mass is 16.5. The Morgan fingerprint density at radius 3 is 1.83 bits per heavy atom. The molecular formula is C54H54N4O5. The summed E-state index contributed by atoms with van der Waals surface area (Å²) < 4.78 is 18.5. The molecule has 1 aliphatic carbocycles. The molecule has 0 radical (unpaired) electrons. The van der Waals surface area contributed by atoms with E-state index in [0.717, 1.165) is 69.3 Å². The molecular weight excluding hydrogens is 785 g/mol. The van der Waals surface area contributed by atoms with Gasteiger partial charge in [0.05, 0.1) is 6.61 Å². The topological polar surface area (TPSA) is 116 Å². The van der Waals surface area contributed by atoms with E-state index >= 15 is 0 Å². The third kappa shape index (κ3) is 10.1. The molecule has 63 heavy (non-hydrogen) atoms. The van der Waals surface area contributed by atoms with Gasteiger partial charge in [0.15, 0.2) is 0 Å². The molecule has 8 rings (SSSR count). The normalized spacial score (nSPS) is 12.6. The number of hydrogen-bond acceptors (Lipinski definition) is 7. The first-order chi connectivity index (χ1) is 31.0. The molecule has 0 spiro atoms. The highest BCUT2D eigenvalue weighted by molar-refractivity contribution is 5.85. The molecule has 9 nitrogen and oxygen atoms in total.